The zero-order chi connectivity index (χ0) is 28.7. The summed E-state index contributed by atoms with van der Waals surface area (Å²) in [6.45, 7) is 4.95. The van der Waals surface area contributed by atoms with E-state index in [4.69, 9.17) is 15.5 Å². The van der Waals surface area contributed by atoms with Crippen LogP contribution in [0.4, 0.5) is 8.78 Å². The molecule has 0 spiro atoms. The molecule has 9 nitrogen and oxygen atoms in total. The summed E-state index contributed by atoms with van der Waals surface area (Å²) in [5.74, 6) is -1.54. The van der Waals surface area contributed by atoms with Crippen LogP contribution >= 0.6 is 0 Å². The highest BCUT2D eigenvalue weighted by Crippen LogP contribution is 2.49. The number of carbonyl (C=O) groups excluding carboxylic acids is 1. The number of benzene rings is 1. The highest BCUT2D eigenvalue weighted by molar-refractivity contribution is 5.94. The van der Waals surface area contributed by atoms with Gasteiger partial charge >= 0.3 is 0 Å². The lowest BCUT2D eigenvalue weighted by Gasteiger charge is -2.30. The molecule has 3 atom stereocenters. The summed E-state index contributed by atoms with van der Waals surface area (Å²) in [6, 6.07) is 12.1. The van der Waals surface area contributed by atoms with Crippen LogP contribution in [0.5, 0.6) is 5.88 Å². The molecule has 1 aromatic carbocycles. The Balaban J connectivity index is 1.06. The molecule has 1 saturated carbocycles. The summed E-state index contributed by atoms with van der Waals surface area (Å²) in [6.07, 6.45) is 2.95. The smallest absolute Gasteiger partial charge is 0.277 e. The Bertz CT molecular complexity index is 1670. The number of rotatable bonds is 6. The quantitative estimate of drug-likeness (QED) is 0.382. The van der Waals surface area contributed by atoms with Crippen LogP contribution in [-0.2, 0) is 24.9 Å². The fourth-order valence-electron chi connectivity index (χ4n) is 5.89. The van der Waals surface area contributed by atoms with E-state index in [0.717, 1.165) is 11.1 Å². The number of nitrogens with two attached hydrogens (primary N) is 1. The molecule has 0 unspecified atom stereocenters. The van der Waals surface area contributed by atoms with E-state index in [-0.39, 0.29) is 35.8 Å². The van der Waals surface area contributed by atoms with E-state index in [0.29, 0.717) is 47.4 Å². The van der Waals surface area contributed by atoms with Gasteiger partial charge in [-0.2, -0.15) is 5.10 Å². The summed E-state index contributed by atoms with van der Waals surface area (Å²) < 4.78 is 35.5. The number of ether oxygens (including phenoxy) is 1. The van der Waals surface area contributed by atoms with Gasteiger partial charge in [0.05, 0.1) is 5.69 Å². The molecule has 1 saturated heterocycles. The molecular weight excluding hydrogens is 528 g/mol. The number of aryl methyl sites for hydroxylation is 1. The first-order chi connectivity index (χ1) is 19.5. The molecule has 4 aromatic rings. The van der Waals surface area contributed by atoms with E-state index in [1.165, 1.54) is 6.07 Å². The molecule has 2 N–H and O–H groups in total. The summed E-state index contributed by atoms with van der Waals surface area (Å²) in [4.78, 5) is 28.3. The molecule has 0 radical (unpaired) electrons. The zero-order valence-corrected chi connectivity index (χ0v) is 22.9. The van der Waals surface area contributed by atoms with Gasteiger partial charge in [0.1, 0.15) is 17.5 Å². The van der Waals surface area contributed by atoms with Crippen LogP contribution in [0.25, 0.3) is 22.8 Å². The van der Waals surface area contributed by atoms with E-state index >= 15 is 0 Å². The van der Waals surface area contributed by atoms with Crippen molar-refractivity contribution >= 4 is 5.91 Å². The first-order valence-electron chi connectivity index (χ1n) is 13.6. The van der Waals surface area contributed by atoms with Gasteiger partial charge in [-0.15, -0.1) is 0 Å². The molecule has 2 fully saturated rings. The second-order valence-electron chi connectivity index (χ2n) is 11.8. The number of hydrogen-bond acceptors (Lipinski definition) is 7. The molecule has 3 aromatic heterocycles. The topological polar surface area (TPSA) is 112 Å². The van der Waals surface area contributed by atoms with Gasteiger partial charge in [-0.25, -0.2) is 23.7 Å². The number of alkyl halides is 2. The van der Waals surface area contributed by atoms with Gasteiger partial charge in [-0.1, -0.05) is 12.1 Å². The highest BCUT2D eigenvalue weighted by atomic mass is 19.3. The van der Waals surface area contributed by atoms with Gasteiger partial charge in [-0.05, 0) is 43.2 Å². The predicted molar refractivity (Wildman–Crippen MR) is 146 cm³/mol. The lowest BCUT2D eigenvalue weighted by Crippen LogP contribution is -2.34. The molecular formula is C30H29F2N7O2. The first-order valence-corrected chi connectivity index (χ1v) is 13.6. The van der Waals surface area contributed by atoms with Crippen molar-refractivity contribution in [2.75, 3.05) is 13.1 Å². The minimum atomic E-state index is -2.76. The number of likely N-dealkylation sites (tertiary alicyclic amines) is 1. The van der Waals surface area contributed by atoms with Crippen LogP contribution in [0.15, 0.2) is 54.9 Å². The average Bonchev–Trinajstić information content (AvgIpc) is 3.25. The Hall–Kier alpha value is -4.25. The second-order valence-corrected chi connectivity index (χ2v) is 11.8. The Morgan fingerprint density at radius 3 is 2.46 bits per heavy atom. The van der Waals surface area contributed by atoms with Crippen LogP contribution in [0.1, 0.15) is 41.0 Å². The van der Waals surface area contributed by atoms with Gasteiger partial charge in [0.25, 0.3) is 11.8 Å². The number of hydrogen-bond donors (Lipinski definition) is 1. The van der Waals surface area contributed by atoms with Crippen molar-refractivity contribution in [2.24, 2.45) is 24.6 Å². The Morgan fingerprint density at radius 1 is 1.07 bits per heavy atom. The summed E-state index contributed by atoms with van der Waals surface area (Å²) in [5, 5.41) is 4.42. The third kappa shape index (κ3) is 4.44. The van der Waals surface area contributed by atoms with Crippen molar-refractivity contribution in [2.45, 2.75) is 37.8 Å². The van der Waals surface area contributed by atoms with Crippen LogP contribution in [-0.4, -0.2) is 54.7 Å². The first kappa shape index (κ1) is 25.7. The van der Waals surface area contributed by atoms with Gasteiger partial charge in [-0.3, -0.25) is 9.48 Å². The van der Waals surface area contributed by atoms with Crippen LogP contribution in [0, 0.1) is 11.8 Å². The molecule has 3 aliphatic rings. The van der Waals surface area contributed by atoms with Crippen molar-refractivity contribution in [3.63, 3.8) is 0 Å². The maximum atomic E-state index is 13.8. The molecule has 11 heteroatoms. The summed E-state index contributed by atoms with van der Waals surface area (Å²) in [5.41, 5.74) is 9.73. The number of halogens is 2. The normalized spacial score (nSPS) is 22.1. The van der Waals surface area contributed by atoms with Gasteiger partial charge < -0.3 is 15.4 Å². The Labute approximate surface area is 235 Å². The van der Waals surface area contributed by atoms with E-state index in [1.54, 1.807) is 48.4 Å². The predicted octanol–water partition coefficient (Wildman–Crippen LogP) is 3.93. The molecule has 7 rings (SSSR count). The van der Waals surface area contributed by atoms with Gasteiger partial charge in [0.2, 0.25) is 5.88 Å². The maximum absolute atomic E-state index is 13.8. The minimum Gasteiger partial charge on any atom is -0.474 e. The van der Waals surface area contributed by atoms with Gasteiger partial charge in [0, 0.05) is 79.6 Å². The Morgan fingerprint density at radius 2 is 1.80 bits per heavy atom. The van der Waals surface area contributed by atoms with Crippen LogP contribution in [0.3, 0.4) is 0 Å². The van der Waals surface area contributed by atoms with Crippen molar-refractivity contribution in [1.29, 1.82) is 0 Å². The minimum absolute atomic E-state index is 0.0640. The monoisotopic (exact) mass is 557 g/mol. The van der Waals surface area contributed by atoms with E-state index in [2.05, 4.69) is 15.1 Å². The molecule has 2 aliphatic carbocycles. The standard InChI is InChI=1S/C30H29F2N7O2/c1-29(2,33)18-10-22(16-5-6-21-17(9-16)13-30(21,31)32)36-25(11-18)41-26-19-14-39(15-20(19)26)28(40)24-12-23(37-38(24)3)27-34-7-4-8-35-27/h4-12,19-20,26H,13-15,33H2,1-3H3/t19-,20+,26-. The zero-order valence-electron chi connectivity index (χ0n) is 22.9. The number of nitrogens with zero attached hydrogens (tertiary/aromatic N) is 6. The second kappa shape index (κ2) is 8.87. The third-order valence-corrected chi connectivity index (χ3v) is 8.31. The molecule has 210 valence electrons. The highest BCUT2D eigenvalue weighted by Gasteiger charge is 2.59. The van der Waals surface area contributed by atoms with E-state index in [1.807, 2.05) is 30.9 Å². The maximum Gasteiger partial charge on any atom is 0.277 e. The van der Waals surface area contributed by atoms with E-state index in [9.17, 15) is 13.6 Å². The van der Waals surface area contributed by atoms with Crippen molar-refractivity contribution in [1.82, 2.24) is 29.6 Å². The van der Waals surface area contributed by atoms with Crippen molar-refractivity contribution in [3.8, 4) is 28.7 Å². The molecule has 1 amide bonds. The molecule has 41 heavy (non-hydrogen) atoms. The van der Waals surface area contributed by atoms with Gasteiger partial charge in [0.15, 0.2) is 5.82 Å². The number of piperidine rings is 1. The number of carbonyl (C=O) groups is 1. The van der Waals surface area contributed by atoms with E-state index < -0.39 is 11.5 Å². The number of amides is 1. The number of aromatic nitrogens is 5. The lowest BCUT2D eigenvalue weighted by molar-refractivity contribution is -0.0287. The number of pyridine rings is 1. The summed E-state index contributed by atoms with van der Waals surface area (Å²) >= 11 is 0. The lowest BCUT2D eigenvalue weighted by atomic mass is 9.83. The molecule has 0 bridgehead atoms. The fourth-order valence-corrected chi connectivity index (χ4v) is 5.89. The van der Waals surface area contributed by atoms with Crippen molar-refractivity contribution < 1.29 is 18.3 Å². The van der Waals surface area contributed by atoms with Crippen LogP contribution in [0.2, 0.25) is 0 Å². The fraction of sp³-hybridized carbons (Fsp3) is 0.367. The van der Waals surface area contributed by atoms with Crippen molar-refractivity contribution in [3.05, 3.63) is 77.2 Å². The van der Waals surface area contributed by atoms with Crippen LogP contribution < -0.4 is 10.5 Å². The summed E-state index contributed by atoms with van der Waals surface area (Å²) in [7, 11) is 1.74. The number of fused-ring (bicyclic) bond motifs is 2. The molecule has 1 aliphatic heterocycles. The third-order valence-electron chi connectivity index (χ3n) is 8.31. The Kier molecular flexibility index (Phi) is 5.56. The molecule has 4 heterocycles. The largest absolute Gasteiger partial charge is 0.474 e. The average molecular weight is 558 g/mol. The SMILES string of the molecule is Cn1nc(-c2ncccn2)cc1C(=O)N1C[C@@H]2[C@H](C1)[C@@H]2Oc1cc(C(C)(C)N)cc(-c2ccc3c(c2)CC3(F)F)n1.